The molecule has 0 saturated carbocycles. The molecule has 0 aromatic heterocycles. The van der Waals surface area contributed by atoms with Crippen molar-refractivity contribution in [2.45, 2.75) is 6.92 Å². The molecular formula is C11H12Cl2FNO. The van der Waals surface area contributed by atoms with Crippen LogP contribution in [-0.2, 0) is 0 Å². The number of hydrogen-bond acceptors (Lipinski definition) is 1. The van der Waals surface area contributed by atoms with Crippen LogP contribution in [0.1, 0.15) is 17.3 Å². The molecule has 0 radical (unpaired) electrons. The first-order valence-corrected chi connectivity index (χ1v) is 5.75. The summed E-state index contributed by atoms with van der Waals surface area (Å²) in [6, 6.07) is 4.32. The summed E-state index contributed by atoms with van der Waals surface area (Å²) in [7, 11) is 0. The van der Waals surface area contributed by atoms with E-state index in [-0.39, 0.29) is 16.5 Å². The van der Waals surface area contributed by atoms with Crippen LogP contribution < -0.4 is 5.32 Å². The Labute approximate surface area is 104 Å². The van der Waals surface area contributed by atoms with Crippen molar-refractivity contribution >= 4 is 29.1 Å². The summed E-state index contributed by atoms with van der Waals surface area (Å²) in [5, 5.41) is 2.54. The van der Waals surface area contributed by atoms with Gasteiger partial charge in [0.15, 0.2) is 5.82 Å². The van der Waals surface area contributed by atoms with Crippen LogP contribution in [0.15, 0.2) is 18.2 Å². The number of carbonyl (C=O) groups excluding carboxylic acids is 1. The lowest BCUT2D eigenvalue weighted by atomic mass is 10.1. The number of rotatable bonds is 4. The van der Waals surface area contributed by atoms with Gasteiger partial charge >= 0.3 is 0 Å². The van der Waals surface area contributed by atoms with Crippen molar-refractivity contribution in [3.05, 3.63) is 34.6 Å². The Bertz CT molecular complexity index is 384. The highest BCUT2D eigenvalue weighted by Gasteiger charge is 2.14. The first-order valence-electron chi connectivity index (χ1n) is 4.84. The Morgan fingerprint density at radius 2 is 2.25 bits per heavy atom. The molecule has 0 heterocycles. The van der Waals surface area contributed by atoms with Crippen LogP contribution in [0.2, 0.25) is 5.02 Å². The van der Waals surface area contributed by atoms with E-state index in [0.717, 1.165) is 0 Å². The zero-order valence-electron chi connectivity index (χ0n) is 8.77. The molecule has 1 unspecified atom stereocenters. The number of carbonyl (C=O) groups is 1. The van der Waals surface area contributed by atoms with Gasteiger partial charge in [0.1, 0.15) is 0 Å². The van der Waals surface area contributed by atoms with Gasteiger partial charge in [-0.3, -0.25) is 4.79 Å². The fourth-order valence-electron chi connectivity index (χ4n) is 1.10. The average Bonchev–Trinajstić information content (AvgIpc) is 2.29. The Kier molecular flexibility index (Phi) is 5.03. The third kappa shape index (κ3) is 3.35. The Balaban J connectivity index is 2.70. The number of nitrogens with one attached hydrogen (secondary N) is 1. The van der Waals surface area contributed by atoms with E-state index < -0.39 is 11.7 Å². The van der Waals surface area contributed by atoms with Gasteiger partial charge in [-0.2, -0.15) is 0 Å². The molecule has 0 aliphatic rings. The molecule has 0 aliphatic heterocycles. The molecule has 1 N–H and O–H groups in total. The smallest absolute Gasteiger partial charge is 0.254 e. The predicted octanol–water partition coefficient (Wildman–Crippen LogP) is 3.08. The van der Waals surface area contributed by atoms with Gasteiger partial charge in [0.2, 0.25) is 0 Å². The molecule has 1 atom stereocenters. The second-order valence-corrected chi connectivity index (χ2v) is 4.29. The second-order valence-electron chi connectivity index (χ2n) is 3.57. The third-order valence-electron chi connectivity index (χ3n) is 2.07. The van der Waals surface area contributed by atoms with E-state index in [9.17, 15) is 9.18 Å². The van der Waals surface area contributed by atoms with E-state index >= 15 is 0 Å². The van der Waals surface area contributed by atoms with Gasteiger partial charge in [0.25, 0.3) is 5.91 Å². The van der Waals surface area contributed by atoms with Crippen molar-refractivity contribution in [1.82, 2.24) is 5.32 Å². The molecule has 0 saturated heterocycles. The molecule has 1 rings (SSSR count). The number of alkyl halides is 1. The maximum Gasteiger partial charge on any atom is 0.254 e. The quantitative estimate of drug-likeness (QED) is 0.832. The molecule has 0 bridgehead atoms. The van der Waals surface area contributed by atoms with Crippen molar-refractivity contribution in [1.29, 1.82) is 0 Å². The molecule has 88 valence electrons. The standard InChI is InChI=1S/C11H12Cl2FNO/c1-7(5-12)6-15-11(16)8-3-2-4-9(13)10(8)14/h2-4,7H,5-6H2,1H3,(H,15,16). The van der Waals surface area contributed by atoms with Crippen LogP contribution in [0, 0.1) is 11.7 Å². The van der Waals surface area contributed by atoms with Gasteiger partial charge in [0.05, 0.1) is 10.6 Å². The number of hydrogen-bond donors (Lipinski definition) is 1. The Hall–Kier alpha value is -0.800. The molecule has 0 aliphatic carbocycles. The van der Waals surface area contributed by atoms with Crippen molar-refractivity contribution in [3.63, 3.8) is 0 Å². The van der Waals surface area contributed by atoms with E-state index in [0.29, 0.717) is 12.4 Å². The van der Waals surface area contributed by atoms with E-state index in [2.05, 4.69) is 5.32 Å². The lowest BCUT2D eigenvalue weighted by molar-refractivity contribution is 0.0945. The zero-order valence-corrected chi connectivity index (χ0v) is 10.3. The van der Waals surface area contributed by atoms with Crippen LogP contribution in [0.3, 0.4) is 0 Å². The van der Waals surface area contributed by atoms with E-state index in [1.54, 1.807) is 0 Å². The minimum atomic E-state index is -0.694. The van der Waals surface area contributed by atoms with Crippen LogP contribution in [0.5, 0.6) is 0 Å². The van der Waals surface area contributed by atoms with E-state index in [1.807, 2.05) is 6.92 Å². The molecule has 5 heteroatoms. The predicted molar refractivity (Wildman–Crippen MR) is 63.6 cm³/mol. The topological polar surface area (TPSA) is 29.1 Å². The zero-order chi connectivity index (χ0) is 12.1. The van der Waals surface area contributed by atoms with Gasteiger partial charge in [-0.1, -0.05) is 24.6 Å². The summed E-state index contributed by atoms with van der Waals surface area (Å²) in [5.41, 5.74) is -0.0470. The fourth-order valence-corrected chi connectivity index (χ4v) is 1.38. The summed E-state index contributed by atoms with van der Waals surface area (Å²) in [4.78, 5) is 11.6. The van der Waals surface area contributed by atoms with Gasteiger partial charge < -0.3 is 5.32 Å². The molecule has 1 aromatic carbocycles. The van der Waals surface area contributed by atoms with Gasteiger partial charge in [-0.05, 0) is 18.1 Å². The van der Waals surface area contributed by atoms with Crippen LogP contribution in [-0.4, -0.2) is 18.3 Å². The van der Waals surface area contributed by atoms with Crippen molar-refractivity contribution in [2.75, 3.05) is 12.4 Å². The number of amides is 1. The van der Waals surface area contributed by atoms with Crippen LogP contribution in [0.25, 0.3) is 0 Å². The monoisotopic (exact) mass is 263 g/mol. The lowest BCUT2D eigenvalue weighted by Gasteiger charge is -2.10. The number of halogens is 3. The average molecular weight is 264 g/mol. The van der Waals surface area contributed by atoms with Crippen LogP contribution >= 0.6 is 23.2 Å². The minimum Gasteiger partial charge on any atom is -0.352 e. The van der Waals surface area contributed by atoms with Gasteiger partial charge in [-0.25, -0.2) is 4.39 Å². The molecule has 2 nitrogen and oxygen atoms in total. The normalized spacial score (nSPS) is 12.2. The Morgan fingerprint density at radius 3 is 2.88 bits per heavy atom. The first-order chi connectivity index (χ1) is 7.56. The largest absolute Gasteiger partial charge is 0.352 e. The van der Waals surface area contributed by atoms with Crippen molar-refractivity contribution in [2.24, 2.45) is 5.92 Å². The maximum absolute atomic E-state index is 13.4. The van der Waals surface area contributed by atoms with Crippen molar-refractivity contribution < 1.29 is 9.18 Å². The SMILES string of the molecule is CC(CCl)CNC(=O)c1cccc(Cl)c1F. The molecular weight excluding hydrogens is 252 g/mol. The summed E-state index contributed by atoms with van der Waals surface area (Å²) < 4.78 is 13.4. The third-order valence-corrected chi connectivity index (χ3v) is 2.89. The van der Waals surface area contributed by atoms with E-state index in [1.165, 1.54) is 18.2 Å². The summed E-state index contributed by atoms with van der Waals surface area (Å²) in [6.45, 7) is 2.30. The first kappa shape index (κ1) is 13.3. The van der Waals surface area contributed by atoms with Gasteiger partial charge in [0, 0.05) is 12.4 Å². The minimum absolute atomic E-state index is 0.0470. The fraction of sp³-hybridized carbons (Fsp3) is 0.364. The second kappa shape index (κ2) is 6.06. The van der Waals surface area contributed by atoms with Crippen molar-refractivity contribution in [3.8, 4) is 0 Å². The maximum atomic E-state index is 13.4. The van der Waals surface area contributed by atoms with Gasteiger partial charge in [-0.15, -0.1) is 11.6 Å². The summed E-state index contributed by atoms with van der Waals surface area (Å²) in [5.74, 6) is -0.580. The number of benzene rings is 1. The molecule has 16 heavy (non-hydrogen) atoms. The summed E-state index contributed by atoms with van der Waals surface area (Å²) in [6.07, 6.45) is 0. The molecule has 0 spiro atoms. The molecule has 1 aromatic rings. The van der Waals surface area contributed by atoms with Crippen LogP contribution in [0.4, 0.5) is 4.39 Å². The summed E-state index contributed by atoms with van der Waals surface area (Å²) >= 11 is 11.2. The molecule has 0 fully saturated rings. The van der Waals surface area contributed by atoms with E-state index in [4.69, 9.17) is 23.2 Å². The Morgan fingerprint density at radius 1 is 1.56 bits per heavy atom. The lowest BCUT2D eigenvalue weighted by Crippen LogP contribution is -2.29. The highest BCUT2D eigenvalue weighted by atomic mass is 35.5. The highest BCUT2D eigenvalue weighted by molar-refractivity contribution is 6.31. The molecule has 1 amide bonds. The highest BCUT2D eigenvalue weighted by Crippen LogP contribution is 2.17.